The van der Waals surface area contributed by atoms with E-state index in [2.05, 4.69) is 17.6 Å². The van der Waals surface area contributed by atoms with Crippen molar-refractivity contribution in [3.05, 3.63) is 83.9 Å². The Morgan fingerprint density at radius 3 is 2.45 bits per heavy atom. The molecule has 2 amide bonds. The molecule has 0 bridgehead atoms. The number of anilines is 1. The molecule has 200 valence electrons. The molecule has 0 unspecified atom stereocenters. The zero-order valence-corrected chi connectivity index (χ0v) is 22.3. The predicted octanol–water partition coefficient (Wildman–Crippen LogP) is 4.82. The van der Waals surface area contributed by atoms with Gasteiger partial charge in [0.15, 0.2) is 0 Å². The van der Waals surface area contributed by atoms with Gasteiger partial charge in [0, 0.05) is 44.5 Å². The van der Waals surface area contributed by atoms with Crippen LogP contribution in [0.25, 0.3) is 0 Å². The molecule has 0 saturated carbocycles. The minimum Gasteiger partial charge on any atom is -0.491 e. The van der Waals surface area contributed by atoms with Crippen LogP contribution in [-0.4, -0.2) is 62.7 Å². The van der Waals surface area contributed by atoms with Crippen molar-refractivity contribution in [2.75, 3.05) is 39.2 Å². The standard InChI is InChI=1S/C30H35N3O5/c1-20-17-31-21(2)19-37-27-15-12-23(16-26(27)30(35)33(3)18-28(20)36-4)32-29(34)22-10-13-25(14-11-22)38-24-8-6-5-7-9-24/h5-16,20-21,28,31H,17-19H2,1-4H3,(H,32,34)/t20-,21-,28+/m0/s1. The zero-order valence-electron chi connectivity index (χ0n) is 22.3. The molecule has 3 atom stereocenters. The van der Waals surface area contributed by atoms with E-state index in [-0.39, 0.29) is 29.9 Å². The summed E-state index contributed by atoms with van der Waals surface area (Å²) in [4.78, 5) is 28.0. The highest BCUT2D eigenvalue weighted by Crippen LogP contribution is 2.27. The lowest BCUT2D eigenvalue weighted by atomic mass is 10.0. The molecule has 0 fully saturated rings. The van der Waals surface area contributed by atoms with Gasteiger partial charge in [0.25, 0.3) is 11.8 Å². The quantitative estimate of drug-likeness (QED) is 0.504. The number of carbonyl (C=O) groups excluding carboxylic acids is 2. The molecule has 0 aliphatic carbocycles. The molecule has 0 radical (unpaired) electrons. The van der Waals surface area contributed by atoms with Crippen LogP contribution >= 0.6 is 0 Å². The second kappa shape index (κ2) is 12.6. The van der Waals surface area contributed by atoms with Gasteiger partial charge in [0.1, 0.15) is 23.9 Å². The van der Waals surface area contributed by atoms with E-state index in [0.717, 1.165) is 12.3 Å². The molecular weight excluding hydrogens is 482 g/mol. The fourth-order valence-electron chi connectivity index (χ4n) is 4.24. The first-order chi connectivity index (χ1) is 18.3. The van der Waals surface area contributed by atoms with E-state index >= 15 is 0 Å². The second-order valence-electron chi connectivity index (χ2n) is 9.66. The van der Waals surface area contributed by atoms with Crippen LogP contribution in [0.4, 0.5) is 5.69 Å². The predicted molar refractivity (Wildman–Crippen MR) is 147 cm³/mol. The van der Waals surface area contributed by atoms with Crippen LogP contribution in [0.2, 0.25) is 0 Å². The van der Waals surface area contributed by atoms with Crippen LogP contribution in [-0.2, 0) is 4.74 Å². The van der Waals surface area contributed by atoms with Crippen LogP contribution in [0, 0.1) is 5.92 Å². The number of benzene rings is 3. The summed E-state index contributed by atoms with van der Waals surface area (Å²) in [5.41, 5.74) is 1.35. The van der Waals surface area contributed by atoms with Gasteiger partial charge in [-0.2, -0.15) is 0 Å². The van der Waals surface area contributed by atoms with E-state index in [1.807, 2.05) is 37.3 Å². The van der Waals surface area contributed by atoms with E-state index in [1.165, 1.54) is 0 Å². The lowest BCUT2D eigenvalue weighted by Gasteiger charge is -2.30. The molecule has 8 heteroatoms. The van der Waals surface area contributed by atoms with Gasteiger partial charge < -0.3 is 29.7 Å². The largest absolute Gasteiger partial charge is 0.491 e. The number of rotatable bonds is 5. The van der Waals surface area contributed by atoms with Crippen LogP contribution in [0.3, 0.4) is 0 Å². The highest BCUT2D eigenvalue weighted by atomic mass is 16.5. The summed E-state index contributed by atoms with van der Waals surface area (Å²) >= 11 is 0. The molecule has 3 aromatic carbocycles. The number of nitrogens with zero attached hydrogens (tertiary/aromatic N) is 1. The molecular formula is C30H35N3O5. The van der Waals surface area contributed by atoms with Crippen LogP contribution in [0.1, 0.15) is 34.6 Å². The van der Waals surface area contributed by atoms with E-state index < -0.39 is 0 Å². The summed E-state index contributed by atoms with van der Waals surface area (Å²) in [7, 11) is 3.41. The van der Waals surface area contributed by atoms with Crippen LogP contribution in [0.5, 0.6) is 17.2 Å². The molecule has 1 aliphatic rings. The van der Waals surface area contributed by atoms with Crippen molar-refractivity contribution in [2.45, 2.75) is 26.0 Å². The molecule has 1 aliphatic heterocycles. The SMILES string of the molecule is CO[C@@H]1CN(C)C(=O)c2cc(NC(=O)c3ccc(Oc4ccccc4)cc3)ccc2OC[C@H](C)NC[C@@H]1C. The molecule has 3 aromatic rings. The molecule has 1 heterocycles. The second-order valence-corrected chi connectivity index (χ2v) is 9.66. The van der Waals surface area contributed by atoms with Crippen molar-refractivity contribution in [1.82, 2.24) is 10.2 Å². The summed E-state index contributed by atoms with van der Waals surface area (Å²) in [6, 6.07) is 21.5. The van der Waals surface area contributed by atoms with Crippen molar-refractivity contribution in [2.24, 2.45) is 5.92 Å². The number of hydrogen-bond acceptors (Lipinski definition) is 6. The van der Waals surface area contributed by atoms with Crippen molar-refractivity contribution in [3.8, 4) is 17.2 Å². The fourth-order valence-corrected chi connectivity index (χ4v) is 4.24. The molecule has 8 nitrogen and oxygen atoms in total. The van der Waals surface area contributed by atoms with E-state index in [0.29, 0.717) is 41.5 Å². The number of likely N-dealkylation sites (N-methyl/N-ethyl adjacent to an activating group) is 1. The number of ether oxygens (including phenoxy) is 3. The molecule has 4 rings (SSSR count). The highest BCUT2D eigenvalue weighted by molar-refractivity contribution is 6.05. The number of hydrogen-bond donors (Lipinski definition) is 2. The van der Waals surface area contributed by atoms with Gasteiger partial charge in [-0.1, -0.05) is 25.1 Å². The minimum absolute atomic E-state index is 0.0864. The average Bonchev–Trinajstić information content (AvgIpc) is 2.93. The smallest absolute Gasteiger partial charge is 0.257 e. The van der Waals surface area contributed by atoms with Crippen molar-refractivity contribution in [3.63, 3.8) is 0 Å². The van der Waals surface area contributed by atoms with Gasteiger partial charge >= 0.3 is 0 Å². The van der Waals surface area contributed by atoms with Gasteiger partial charge in [-0.15, -0.1) is 0 Å². The Kier molecular flexibility index (Phi) is 8.99. The van der Waals surface area contributed by atoms with E-state index in [1.54, 1.807) is 61.5 Å². The summed E-state index contributed by atoms with van der Waals surface area (Å²) < 4.78 is 17.5. The normalized spacial score (nSPS) is 20.4. The Hall–Kier alpha value is -3.88. The number of methoxy groups -OCH3 is 1. The van der Waals surface area contributed by atoms with Gasteiger partial charge in [-0.25, -0.2) is 0 Å². The van der Waals surface area contributed by atoms with Gasteiger partial charge in [0.05, 0.1) is 11.7 Å². The van der Waals surface area contributed by atoms with Crippen molar-refractivity contribution in [1.29, 1.82) is 0 Å². The first-order valence-electron chi connectivity index (χ1n) is 12.8. The van der Waals surface area contributed by atoms with Crippen LogP contribution in [0.15, 0.2) is 72.8 Å². The maximum atomic E-state index is 13.4. The van der Waals surface area contributed by atoms with Gasteiger partial charge in [-0.05, 0) is 67.4 Å². The maximum absolute atomic E-state index is 13.4. The van der Waals surface area contributed by atoms with Crippen molar-refractivity contribution >= 4 is 17.5 Å². The van der Waals surface area contributed by atoms with E-state index in [9.17, 15) is 9.59 Å². The van der Waals surface area contributed by atoms with Crippen LogP contribution < -0.4 is 20.1 Å². The molecule has 0 spiro atoms. The zero-order chi connectivity index (χ0) is 27.1. The molecule has 2 N–H and O–H groups in total. The summed E-state index contributed by atoms with van der Waals surface area (Å²) in [6.07, 6.45) is -0.121. The fraction of sp³-hybridized carbons (Fsp3) is 0.333. The lowest BCUT2D eigenvalue weighted by molar-refractivity contribution is 0.0281. The molecule has 0 aromatic heterocycles. The topological polar surface area (TPSA) is 89.1 Å². The number of para-hydroxylation sites is 1. The molecule has 38 heavy (non-hydrogen) atoms. The highest BCUT2D eigenvalue weighted by Gasteiger charge is 2.25. The average molecular weight is 518 g/mol. The Morgan fingerprint density at radius 1 is 1.03 bits per heavy atom. The van der Waals surface area contributed by atoms with E-state index in [4.69, 9.17) is 14.2 Å². The minimum atomic E-state index is -0.294. The summed E-state index contributed by atoms with van der Waals surface area (Å²) in [5.74, 6) is 1.53. The number of amides is 2. The Morgan fingerprint density at radius 2 is 1.74 bits per heavy atom. The first-order valence-corrected chi connectivity index (χ1v) is 12.8. The number of fused-ring (bicyclic) bond motifs is 1. The molecule has 0 saturated heterocycles. The van der Waals surface area contributed by atoms with Crippen molar-refractivity contribution < 1.29 is 23.8 Å². The number of carbonyl (C=O) groups is 2. The Labute approximate surface area is 223 Å². The third-order valence-corrected chi connectivity index (χ3v) is 6.58. The van der Waals surface area contributed by atoms with Gasteiger partial charge in [0.2, 0.25) is 0 Å². The maximum Gasteiger partial charge on any atom is 0.257 e. The Balaban J connectivity index is 1.51. The van der Waals surface area contributed by atoms with Gasteiger partial charge in [-0.3, -0.25) is 9.59 Å². The lowest BCUT2D eigenvalue weighted by Crippen LogP contribution is -2.44. The Bertz CT molecular complexity index is 1230. The summed E-state index contributed by atoms with van der Waals surface area (Å²) in [5, 5.41) is 6.36. The third-order valence-electron chi connectivity index (χ3n) is 6.58. The third kappa shape index (κ3) is 6.90. The monoisotopic (exact) mass is 517 g/mol. The first kappa shape index (κ1) is 27.2. The summed E-state index contributed by atoms with van der Waals surface area (Å²) in [6.45, 7) is 5.72. The number of nitrogens with one attached hydrogen (secondary N) is 2.